The van der Waals surface area contributed by atoms with Gasteiger partial charge in [-0.1, -0.05) is 78.9 Å². The standard InChI is InChI=1S/C23H21NO4/c25-22(24-20-14-8-3-9-15-20)26-16-21-17-27-23(28-21,18-10-4-1-5-11-18)19-12-6-2-7-13-19/h1-15,21H,16-17H2,(H,24,25)/t21-/m0/s1. The molecule has 1 fully saturated rings. The molecule has 1 amide bonds. The first-order valence-electron chi connectivity index (χ1n) is 9.18. The summed E-state index contributed by atoms with van der Waals surface area (Å²) in [7, 11) is 0. The van der Waals surface area contributed by atoms with Crippen LogP contribution in [0.3, 0.4) is 0 Å². The number of carbonyl (C=O) groups excluding carboxylic acids is 1. The maximum Gasteiger partial charge on any atom is 0.411 e. The van der Waals surface area contributed by atoms with E-state index >= 15 is 0 Å². The maximum atomic E-state index is 12.0. The second-order valence-electron chi connectivity index (χ2n) is 6.49. The van der Waals surface area contributed by atoms with E-state index in [1.165, 1.54) is 0 Å². The molecule has 1 aliphatic rings. The molecule has 1 atom stereocenters. The molecule has 0 aromatic heterocycles. The highest BCUT2D eigenvalue weighted by Gasteiger charge is 2.45. The molecule has 1 heterocycles. The Kier molecular flexibility index (Phi) is 5.37. The van der Waals surface area contributed by atoms with Gasteiger partial charge in [0.25, 0.3) is 0 Å². The molecule has 0 spiro atoms. The third-order valence-electron chi connectivity index (χ3n) is 4.53. The van der Waals surface area contributed by atoms with Crippen molar-refractivity contribution < 1.29 is 19.0 Å². The fraction of sp³-hybridized carbons (Fsp3) is 0.174. The van der Waals surface area contributed by atoms with E-state index in [-0.39, 0.29) is 12.7 Å². The zero-order valence-electron chi connectivity index (χ0n) is 15.3. The monoisotopic (exact) mass is 375 g/mol. The third kappa shape index (κ3) is 3.91. The van der Waals surface area contributed by atoms with Gasteiger partial charge in [-0.15, -0.1) is 0 Å². The Balaban J connectivity index is 1.45. The highest BCUT2D eigenvalue weighted by Crippen LogP contribution is 2.40. The van der Waals surface area contributed by atoms with Gasteiger partial charge in [-0.2, -0.15) is 0 Å². The molecule has 28 heavy (non-hydrogen) atoms. The highest BCUT2D eigenvalue weighted by atomic mass is 16.8. The van der Waals surface area contributed by atoms with Crippen LogP contribution < -0.4 is 5.32 Å². The number of nitrogens with one attached hydrogen (secondary N) is 1. The summed E-state index contributed by atoms with van der Waals surface area (Å²) in [4.78, 5) is 12.0. The van der Waals surface area contributed by atoms with Crippen LogP contribution in [0.2, 0.25) is 0 Å². The predicted molar refractivity (Wildman–Crippen MR) is 106 cm³/mol. The Morgan fingerprint density at radius 3 is 2.00 bits per heavy atom. The molecule has 1 N–H and O–H groups in total. The minimum atomic E-state index is -1.01. The molecule has 5 nitrogen and oxygen atoms in total. The van der Waals surface area contributed by atoms with Crippen molar-refractivity contribution in [1.82, 2.24) is 0 Å². The van der Waals surface area contributed by atoms with E-state index < -0.39 is 11.9 Å². The molecule has 5 heteroatoms. The first-order valence-corrected chi connectivity index (χ1v) is 9.18. The number of anilines is 1. The Hall–Kier alpha value is -3.15. The van der Waals surface area contributed by atoms with Gasteiger partial charge in [0, 0.05) is 16.8 Å². The van der Waals surface area contributed by atoms with E-state index in [1.54, 1.807) is 12.1 Å². The van der Waals surface area contributed by atoms with Crippen molar-refractivity contribution in [2.24, 2.45) is 0 Å². The number of carbonyl (C=O) groups is 1. The van der Waals surface area contributed by atoms with Gasteiger partial charge in [0.05, 0.1) is 6.61 Å². The molecule has 3 aromatic carbocycles. The molecule has 0 aliphatic carbocycles. The van der Waals surface area contributed by atoms with Gasteiger partial charge in [-0.05, 0) is 12.1 Å². The molecule has 1 saturated heterocycles. The van der Waals surface area contributed by atoms with Gasteiger partial charge in [0.15, 0.2) is 0 Å². The van der Waals surface area contributed by atoms with Crippen LogP contribution in [-0.2, 0) is 20.0 Å². The maximum absolute atomic E-state index is 12.0. The summed E-state index contributed by atoms with van der Waals surface area (Å²) in [6, 6.07) is 28.7. The molecule has 1 aliphatic heterocycles. The number of para-hydroxylation sites is 1. The minimum absolute atomic E-state index is 0.0973. The summed E-state index contributed by atoms with van der Waals surface area (Å²) in [5.41, 5.74) is 2.48. The topological polar surface area (TPSA) is 56.8 Å². The van der Waals surface area contributed by atoms with Crippen LogP contribution in [0.1, 0.15) is 11.1 Å². The lowest BCUT2D eigenvalue weighted by Gasteiger charge is -2.29. The summed E-state index contributed by atoms with van der Waals surface area (Å²) >= 11 is 0. The largest absolute Gasteiger partial charge is 0.446 e. The number of hydrogen-bond acceptors (Lipinski definition) is 4. The lowest BCUT2D eigenvalue weighted by Crippen LogP contribution is -2.31. The van der Waals surface area contributed by atoms with E-state index in [4.69, 9.17) is 14.2 Å². The van der Waals surface area contributed by atoms with Gasteiger partial charge >= 0.3 is 6.09 Å². The number of ether oxygens (including phenoxy) is 3. The number of benzene rings is 3. The van der Waals surface area contributed by atoms with Crippen LogP contribution >= 0.6 is 0 Å². The molecule has 0 radical (unpaired) electrons. The van der Waals surface area contributed by atoms with Crippen molar-refractivity contribution in [1.29, 1.82) is 0 Å². The van der Waals surface area contributed by atoms with Crippen molar-refractivity contribution in [3.8, 4) is 0 Å². The molecule has 142 valence electrons. The fourth-order valence-electron chi connectivity index (χ4n) is 3.22. The van der Waals surface area contributed by atoms with Crippen molar-refractivity contribution >= 4 is 11.8 Å². The zero-order valence-corrected chi connectivity index (χ0v) is 15.3. The Labute approximate surface area is 163 Å². The van der Waals surface area contributed by atoms with Crippen LogP contribution in [0.4, 0.5) is 10.5 Å². The number of amides is 1. The van der Waals surface area contributed by atoms with Crippen molar-refractivity contribution in [2.75, 3.05) is 18.5 Å². The Morgan fingerprint density at radius 2 is 1.43 bits per heavy atom. The Bertz CT molecular complexity index is 860. The van der Waals surface area contributed by atoms with Crippen molar-refractivity contribution in [2.45, 2.75) is 11.9 Å². The number of rotatable bonds is 5. The van der Waals surface area contributed by atoms with Crippen LogP contribution in [0.15, 0.2) is 91.0 Å². The van der Waals surface area contributed by atoms with E-state index in [1.807, 2.05) is 78.9 Å². The molecule has 0 bridgehead atoms. The zero-order chi connectivity index (χ0) is 19.2. The second-order valence-corrected chi connectivity index (χ2v) is 6.49. The predicted octanol–water partition coefficient (Wildman–Crippen LogP) is 4.55. The summed E-state index contributed by atoms with van der Waals surface area (Å²) < 4.78 is 17.8. The molecular formula is C23H21NO4. The molecule has 4 rings (SSSR count). The van der Waals surface area contributed by atoms with Gasteiger partial charge < -0.3 is 14.2 Å². The SMILES string of the molecule is O=C(Nc1ccccc1)OC[C@H]1COC(c2ccccc2)(c2ccccc2)O1. The molecule has 3 aromatic rings. The molecular weight excluding hydrogens is 354 g/mol. The van der Waals surface area contributed by atoms with Crippen molar-refractivity contribution in [3.63, 3.8) is 0 Å². The summed E-state index contributed by atoms with van der Waals surface area (Å²) in [6.45, 7) is 0.419. The normalized spacial score (nSPS) is 17.8. The van der Waals surface area contributed by atoms with E-state index in [0.29, 0.717) is 12.3 Å². The van der Waals surface area contributed by atoms with Gasteiger partial charge in [-0.25, -0.2) is 4.79 Å². The first-order chi connectivity index (χ1) is 13.8. The fourth-order valence-corrected chi connectivity index (χ4v) is 3.22. The van der Waals surface area contributed by atoms with E-state index in [0.717, 1.165) is 11.1 Å². The summed E-state index contributed by atoms with van der Waals surface area (Å²) in [5, 5.41) is 2.69. The van der Waals surface area contributed by atoms with Crippen molar-refractivity contribution in [3.05, 3.63) is 102 Å². The second kappa shape index (κ2) is 8.25. The first kappa shape index (κ1) is 18.2. The van der Waals surface area contributed by atoms with E-state index in [2.05, 4.69) is 5.32 Å². The van der Waals surface area contributed by atoms with Crippen LogP contribution in [-0.4, -0.2) is 25.4 Å². The summed E-state index contributed by atoms with van der Waals surface area (Å²) in [5.74, 6) is -1.01. The van der Waals surface area contributed by atoms with Gasteiger partial charge in [0.2, 0.25) is 5.79 Å². The quantitative estimate of drug-likeness (QED) is 0.711. The summed E-state index contributed by atoms with van der Waals surface area (Å²) in [6.07, 6.45) is -0.895. The highest BCUT2D eigenvalue weighted by molar-refractivity contribution is 5.84. The third-order valence-corrected chi connectivity index (χ3v) is 4.53. The average Bonchev–Trinajstić information content (AvgIpc) is 3.20. The Morgan fingerprint density at radius 1 is 0.893 bits per heavy atom. The van der Waals surface area contributed by atoms with Gasteiger partial charge in [0.1, 0.15) is 12.7 Å². The van der Waals surface area contributed by atoms with Gasteiger partial charge in [-0.3, -0.25) is 5.32 Å². The lowest BCUT2D eigenvalue weighted by molar-refractivity contribution is -0.146. The molecule has 0 unspecified atom stereocenters. The average molecular weight is 375 g/mol. The van der Waals surface area contributed by atoms with E-state index in [9.17, 15) is 4.79 Å². The van der Waals surface area contributed by atoms with Crippen LogP contribution in [0.25, 0.3) is 0 Å². The smallest absolute Gasteiger partial charge is 0.411 e. The van der Waals surface area contributed by atoms with Crippen LogP contribution in [0.5, 0.6) is 0 Å². The molecule has 0 saturated carbocycles. The number of hydrogen-bond donors (Lipinski definition) is 1. The van der Waals surface area contributed by atoms with Crippen LogP contribution in [0, 0.1) is 0 Å². The minimum Gasteiger partial charge on any atom is -0.446 e. The lowest BCUT2D eigenvalue weighted by atomic mass is 9.97.